The number of carbonyl (C=O) groups is 1. The number of imidazole rings is 1. The Bertz CT molecular complexity index is 1570. The standard InChI is InChI=1S/C28H27N5O4/c1-16(2)11-19-14-20(37-33-19)15-30-27(35)18-6-8-23-24(13-18)32-26(31-23)22-12-17(7-9-25(22)34)21-5-4-10-29-28(21)36-3/h4-10,12-14,16,34H,11,15H2,1-3H3,(H,30,35)(H,31,32). The minimum atomic E-state index is -0.248. The highest BCUT2D eigenvalue weighted by atomic mass is 16.5. The van der Waals surface area contributed by atoms with E-state index in [9.17, 15) is 9.90 Å². The second-order valence-electron chi connectivity index (χ2n) is 9.17. The lowest BCUT2D eigenvalue weighted by molar-refractivity contribution is 0.0947. The fourth-order valence-electron chi connectivity index (χ4n) is 4.16. The molecule has 188 valence electrons. The summed E-state index contributed by atoms with van der Waals surface area (Å²) in [4.78, 5) is 24.9. The summed E-state index contributed by atoms with van der Waals surface area (Å²) in [6, 6.07) is 16.0. The third-order valence-electron chi connectivity index (χ3n) is 5.92. The maximum atomic E-state index is 12.8. The Hall–Kier alpha value is -4.66. The van der Waals surface area contributed by atoms with Crippen LogP contribution in [0.2, 0.25) is 0 Å². The van der Waals surface area contributed by atoms with Crippen molar-refractivity contribution < 1.29 is 19.2 Å². The van der Waals surface area contributed by atoms with E-state index in [4.69, 9.17) is 9.26 Å². The summed E-state index contributed by atoms with van der Waals surface area (Å²) in [5.41, 5.74) is 4.82. The molecule has 0 unspecified atom stereocenters. The fourth-order valence-corrected chi connectivity index (χ4v) is 4.16. The highest BCUT2D eigenvalue weighted by Gasteiger charge is 2.16. The molecular weight excluding hydrogens is 470 g/mol. The minimum absolute atomic E-state index is 0.0764. The van der Waals surface area contributed by atoms with E-state index in [1.54, 1.807) is 43.6 Å². The van der Waals surface area contributed by atoms with Crippen LogP contribution in [0.15, 0.2) is 65.3 Å². The van der Waals surface area contributed by atoms with Crippen LogP contribution < -0.4 is 10.1 Å². The van der Waals surface area contributed by atoms with E-state index in [0.29, 0.717) is 40.0 Å². The van der Waals surface area contributed by atoms with Gasteiger partial charge in [0, 0.05) is 23.4 Å². The van der Waals surface area contributed by atoms with Gasteiger partial charge < -0.3 is 24.7 Å². The second-order valence-corrected chi connectivity index (χ2v) is 9.17. The van der Waals surface area contributed by atoms with Crippen LogP contribution in [0.4, 0.5) is 0 Å². The number of pyridine rings is 1. The van der Waals surface area contributed by atoms with E-state index in [2.05, 4.69) is 39.3 Å². The summed E-state index contributed by atoms with van der Waals surface area (Å²) >= 11 is 0. The van der Waals surface area contributed by atoms with Gasteiger partial charge in [0.1, 0.15) is 11.6 Å². The van der Waals surface area contributed by atoms with Crippen molar-refractivity contribution in [1.29, 1.82) is 0 Å². The van der Waals surface area contributed by atoms with Crippen molar-refractivity contribution in [2.75, 3.05) is 7.11 Å². The Balaban J connectivity index is 1.37. The number of H-pyrrole nitrogens is 1. The number of benzene rings is 2. The van der Waals surface area contributed by atoms with Gasteiger partial charge in [-0.1, -0.05) is 25.1 Å². The van der Waals surface area contributed by atoms with E-state index < -0.39 is 0 Å². The largest absolute Gasteiger partial charge is 0.507 e. The quantitative estimate of drug-likeness (QED) is 0.271. The summed E-state index contributed by atoms with van der Waals surface area (Å²) in [6.07, 6.45) is 2.48. The van der Waals surface area contributed by atoms with Crippen molar-refractivity contribution in [2.45, 2.75) is 26.8 Å². The first-order valence-electron chi connectivity index (χ1n) is 12.0. The predicted octanol–water partition coefficient (Wildman–Crippen LogP) is 5.12. The van der Waals surface area contributed by atoms with Crippen molar-refractivity contribution in [3.05, 3.63) is 77.8 Å². The SMILES string of the molecule is COc1ncccc1-c1ccc(O)c(-c2nc3cc(C(=O)NCc4cc(CC(C)C)no4)ccc3[nH]2)c1. The average molecular weight is 498 g/mol. The third kappa shape index (κ3) is 5.16. The van der Waals surface area contributed by atoms with Crippen LogP contribution in [0, 0.1) is 5.92 Å². The zero-order valence-electron chi connectivity index (χ0n) is 20.8. The second kappa shape index (κ2) is 10.1. The van der Waals surface area contributed by atoms with Crippen LogP contribution in [0.5, 0.6) is 11.6 Å². The lowest BCUT2D eigenvalue weighted by atomic mass is 10.0. The summed E-state index contributed by atoms with van der Waals surface area (Å²) in [6.45, 7) is 4.47. The Labute approximate surface area is 213 Å². The van der Waals surface area contributed by atoms with Gasteiger partial charge in [0.15, 0.2) is 5.76 Å². The van der Waals surface area contributed by atoms with Gasteiger partial charge >= 0.3 is 0 Å². The molecule has 5 rings (SSSR count). The molecule has 9 nitrogen and oxygen atoms in total. The molecule has 0 saturated carbocycles. The molecule has 37 heavy (non-hydrogen) atoms. The van der Waals surface area contributed by atoms with Gasteiger partial charge in [-0.2, -0.15) is 0 Å². The number of phenolic OH excluding ortho intramolecular Hbond substituents is 1. The highest BCUT2D eigenvalue weighted by Crippen LogP contribution is 2.35. The molecule has 0 aliphatic carbocycles. The van der Waals surface area contributed by atoms with Crippen molar-refractivity contribution in [2.24, 2.45) is 5.92 Å². The average Bonchev–Trinajstić information content (AvgIpc) is 3.53. The predicted molar refractivity (Wildman–Crippen MR) is 139 cm³/mol. The number of hydrogen-bond donors (Lipinski definition) is 3. The van der Waals surface area contributed by atoms with Gasteiger partial charge in [0.05, 0.1) is 35.9 Å². The van der Waals surface area contributed by atoms with E-state index >= 15 is 0 Å². The molecule has 3 heterocycles. The molecule has 3 N–H and O–H groups in total. The molecule has 3 aromatic heterocycles. The molecule has 5 aromatic rings. The number of fused-ring (bicyclic) bond motifs is 1. The smallest absolute Gasteiger partial charge is 0.251 e. The number of aromatic nitrogens is 4. The first kappa shape index (κ1) is 24.1. The molecule has 1 amide bonds. The Morgan fingerprint density at radius 1 is 1.14 bits per heavy atom. The number of amides is 1. The zero-order chi connectivity index (χ0) is 25.9. The van der Waals surface area contributed by atoms with Gasteiger partial charge in [-0.05, 0) is 60.4 Å². The number of aromatic hydroxyl groups is 1. The van der Waals surface area contributed by atoms with Crippen LogP contribution in [0.1, 0.15) is 35.7 Å². The number of nitrogens with one attached hydrogen (secondary N) is 2. The molecule has 0 fully saturated rings. The fraction of sp³-hybridized carbons (Fsp3) is 0.214. The van der Waals surface area contributed by atoms with Crippen LogP contribution in [0.25, 0.3) is 33.5 Å². The number of phenols is 1. The van der Waals surface area contributed by atoms with Gasteiger partial charge in [-0.15, -0.1) is 0 Å². The molecule has 0 saturated heterocycles. The monoisotopic (exact) mass is 497 g/mol. The summed E-state index contributed by atoms with van der Waals surface area (Å²) in [7, 11) is 1.57. The van der Waals surface area contributed by atoms with E-state index in [1.165, 1.54) is 0 Å². The molecule has 0 bridgehead atoms. The first-order chi connectivity index (χ1) is 17.9. The summed E-state index contributed by atoms with van der Waals surface area (Å²) in [5.74, 6) is 1.87. The van der Waals surface area contributed by atoms with Crippen LogP contribution >= 0.6 is 0 Å². The van der Waals surface area contributed by atoms with Crippen molar-refractivity contribution in [3.63, 3.8) is 0 Å². The molecule has 0 radical (unpaired) electrons. The van der Waals surface area contributed by atoms with Crippen molar-refractivity contribution >= 4 is 16.9 Å². The minimum Gasteiger partial charge on any atom is -0.507 e. The normalized spacial score (nSPS) is 11.2. The number of hydrogen-bond acceptors (Lipinski definition) is 7. The molecule has 0 aliphatic rings. The molecule has 0 atom stereocenters. The number of ether oxygens (including phenoxy) is 1. The number of carbonyl (C=O) groups excluding carboxylic acids is 1. The third-order valence-corrected chi connectivity index (χ3v) is 5.92. The van der Waals surface area contributed by atoms with E-state index in [0.717, 1.165) is 28.8 Å². The van der Waals surface area contributed by atoms with E-state index in [-0.39, 0.29) is 18.2 Å². The number of rotatable bonds is 8. The molecule has 0 spiro atoms. The topological polar surface area (TPSA) is 126 Å². The lowest BCUT2D eigenvalue weighted by Gasteiger charge is -2.09. The Morgan fingerprint density at radius 3 is 2.81 bits per heavy atom. The summed E-state index contributed by atoms with van der Waals surface area (Å²) < 4.78 is 10.7. The van der Waals surface area contributed by atoms with Crippen LogP contribution in [0.3, 0.4) is 0 Å². The van der Waals surface area contributed by atoms with Crippen molar-refractivity contribution in [1.82, 2.24) is 25.4 Å². The first-order valence-corrected chi connectivity index (χ1v) is 12.0. The maximum absolute atomic E-state index is 12.8. The number of nitrogens with zero attached hydrogens (tertiary/aromatic N) is 3. The van der Waals surface area contributed by atoms with Gasteiger partial charge in [0.25, 0.3) is 5.91 Å². The maximum Gasteiger partial charge on any atom is 0.251 e. The van der Waals surface area contributed by atoms with Gasteiger partial charge in [-0.25, -0.2) is 9.97 Å². The lowest BCUT2D eigenvalue weighted by Crippen LogP contribution is -2.22. The molecule has 2 aromatic carbocycles. The van der Waals surface area contributed by atoms with Crippen molar-refractivity contribution in [3.8, 4) is 34.1 Å². The zero-order valence-corrected chi connectivity index (χ0v) is 20.8. The number of aromatic amines is 1. The van der Waals surface area contributed by atoms with Crippen LogP contribution in [-0.2, 0) is 13.0 Å². The summed E-state index contributed by atoms with van der Waals surface area (Å²) in [5, 5.41) is 17.5. The highest BCUT2D eigenvalue weighted by molar-refractivity contribution is 5.97. The molecule has 0 aliphatic heterocycles. The molecule has 9 heteroatoms. The Kier molecular flexibility index (Phi) is 6.59. The van der Waals surface area contributed by atoms with Gasteiger partial charge in [-0.3, -0.25) is 4.79 Å². The van der Waals surface area contributed by atoms with E-state index in [1.807, 2.05) is 24.3 Å². The molecular formula is C28H27N5O4. The van der Waals surface area contributed by atoms with Gasteiger partial charge in [0.2, 0.25) is 5.88 Å². The number of methoxy groups -OCH3 is 1. The van der Waals surface area contributed by atoms with Crippen LogP contribution in [-0.4, -0.2) is 38.2 Å². The Morgan fingerprint density at radius 2 is 2.00 bits per heavy atom.